The van der Waals surface area contributed by atoms with Crippen LogP contribution in [0.5, 0.6) is 0 Å². The molecule has 0 radical (unpaired) electrons. The zero-order valence-electron chi connectivity index (χ0n) is 9.81. The normalized spacial score (nSPS) is 10.4. The predicted molar refractivity (Wildman–Crippen MR) is 67.9 cm³/mol. The lowest BCUT2D eigenvalue weighted by molar-refractivity contribution is 0.639. The molecule has 4 nitrogen and oxygen atoms in total. The molecule has 0 unspecified atom stereocenters. The Bertz CT molecular complexity index is 563. The number of H-pyrrole nitrogens is 1. The molecule has 17 heavy (non-hydrogen) atoms. The van der Waals surface area contributed by atoms with Crippen LogP contribution in [0.3, 0.4) is 0 Å². The number of rotatable bonds is 4. The second-order valence-corrected chi connectivity index (χ2v) is 3.83. The summed E-state index contributed by atoms with van der Waals surface area (Å²) in [5.41, 5.74) is 1.92. The lowest BCUT2D eigenvalue weighted by Gasteiger charge is -2.05. The van der Waals surface area contributed by atoms with Crippen molar-refractivity contribution in [2.24, 2.45) is 0 Å². The second kappa shape index (κ2) is 4.82. The molecule has 1 heterocycles. The van der Waals surface area contributed by atoms with Gasteiger partial charge in [0.1, 0.15) is 5.82 Å². The van der Waals surface area contributed by atoms with Crippen molar-refractivity contribution in [2.75, 3.05) is 0 Å². The van der Waals surface area contributed by atoms with E-state index in [1.54, 1.807) is 10.8 Å². The zero-order valence-corrected chi connectivity index (χ0v) is 9.81. The van der Waals surface area contributed by atoms with Crippen molar-refractivity contribution in [2.45, 2.75) is 19.9 Å². The molecular weight excluding hydrogens is 214 g/mol. The third-order valence-corrected chi connectivity index (χ3v) is 2.65. The molecule has 1 aromatic carbocycles. The largest absolute Gasteiger partial charge is 0.361 e. The van der Waals surface area contributed by atoms with E-state index in [0.717, 1.165) is 23.4 Å². The van der Waals surface area contributed by atoms with Gasteiger partial charge >= 0.3 is 5.69 Å². The second-order valence-electron chi connectivity index (χ2n) is 3.83. The first-order valence-electron chi connectivity index (χ1n) is 5.60. The third-order valence-electron chi connectivity index (χ3n) is 2.65. The average molecular weight is 229 g/mol. The molecule has 0 saturated heterocycles. The van der Waals surface area contributed by atoms with Crippen molar-refractivity contribution >= 4 is 6.08 Å². The highest BCUT2D eigenvalue weighted by molar-refractivity contribution is 5.47. The van der Waals surface area contributed by atoms with Crippen LogP contribution in [-0.2, 0) is 13.0 Å². The maximum absolute atomic E-state index is 11.2. The van der Waals surface area contributed by atoms with Gasteiger partial charge in [-0.25, -0.2) is 9.89 Å². The summed E-state index contributed by atoms with van der Waals surface area (Å²) in [6, 6.07) is 8.05. The Morgan fingerprint density at radius 3 is 2.71 bits per heavy atom. The number of nitrogens with zero attached hydrogens (tertiary/aromatic N) is 2. The molecular formula is C13H15N3O. The van der Waals surface area contributed by atoms with Crippen LogP contribution in [0.4, 0.5) is 0 Å². The van der Waals surface area contributed by atoms with Crippen LogP contribution in [0.2, 0.25) is 0 Å². The first-order valence-corrected chi connectivity index (χ1v) is 5.60. The van der Waals surface area contributed by atoms with Crippen molar-refractivity contribution in [3.05, 3.63) is 58.3 Å². The molecule has 4 heteroatoms. The van der Waals surface area contributed by atoms with E-state index < -0.39 is 0 Å². The Morgan fingerprint density at radius 1 is 1.41 bits per heavy atom. The molecule has 0 spiro atoms. The van der Waals surface area contributed by atoms with E-state index in [0.29, 0.717) is 6.54 Å². The first kappa shape index (κ1) is 11.4. The summed E-state index contributed by atoms with van der Waals surface area (Å²) in [7, 11) is 0. The minimum atomic E-state index is -0.287. The highest BCUT2D eigenvalue weighted by Gasteiger charge is 2.04. The fraction of sp³-hybridized carbons (Fsp3) is 0.231. The maximum Gasteiger partial charge on any atom is 0.361 e. The molecule has 0 amide bonds. The molecule has 2 rings (SSSR count). The van der Waals surface area contributed by atoms with E-state index >= 15 is 0 Å². The lowest BCUT2D eigenvalue weighted by Crippen LogP contribution is -2.08. The van der Waals surface area contributed by atoms with E-state index in [2.05, 4.69) is 16.7 Å². The smallest absolute Gasteiger partial charge is 0.266 e. The Labute approximate surface area is 99.6 Å². The zero-order chi connectivity index (χ0) is 12.3. The van der Waals surface area contributed by atoms with Gasteiger partial charge in [-0.1, -0.05) is 43.8 Å². The number of benzene rings is 1. The highest BCUT2D eigenvalue weighted by atomic mass is 16.1. The van der Waals surface area contributed by atoms with E-state index in [1.807, 2.05) is 31.2 Å². The lowest BCUT2D eigenvalue weighted by atomic mass is 10.1. The van der Waals surface area contributed by atoms with Crippen molar-refractivity contribution in [1.29, 1.82) is 0 Å². The van der Waals surface area contributed by atoms with Gasteiger partial charge in [0.15, 0.2) is 0 Å². The monoisotopic (exact) mass is 229 g/mol. The van der Waals surface area contributed by atoms with Crippen LogP contribution in [0.1, 0.15) is 23.9 Å². The summed E-state index contributed by atoms with van der Waals surface area (Å²) in [5, 5.41) is 2.70. The molecule has 0 atom stereocenters. The minimum Gasteiger partial charge on any atom is -0.266 e. The molecule has 0 bridgehead atoms. The summed E-state index contributed by atoms with van der Waals surface area (Å²) in [6.07, 6.45) is 2.55. The van der Waals surface area contributed by atoms with Crippen LogP contribution in [0.15, 0.2) is 35.6 Å². The molecule has 0 saturated carbocycles. The van der Waals surface area contributed by atoms with Gasteiger partial charge in [0.2, 0.25) is 0 Å². The molecule has 0 aliphatic rings. The van der Waals surface area contributed by atoms with Crippen molar-refractivity contribution < 1.29 is 0 Å². The molecule has 1 N–H and O–H groups in total. The molecule has 0 aliphatic carbocycles. The van der Waals surface area contributed by atoms with Crippen molar-refractivity contribution in [3.8, 4) is 0 Å². The van der Waals surface area contributed by atoms with Gasteiger partial charge in [0.25, 0.3) is 0 Å². The first-order chi connectivity index (χ1) is 8.22. The van der Waals surface area contributed by atoms with Crippen molar-refractivity contribution in [1.82, 2.24) is 14.8 Å². The molecule has 0 fully saturated rings. The fourth-order valence-electron chi connectivity index (χ4n) is 1.72. The van der Waals surface area contributed by atoms with Gasteiger partial charge in [-0.05, 0) is 11.1 Å². The minimum absolute atomic E-state index is 0.287. The predicted octanol–water partition coefficient (Wildman–Crippen LogP) is 1.83. The number of aromatic amines is 1. The van der Waals surface area contributed by atoms with Gasteiger partial charge in [-0.15, -0.1) is 0 Å². The number of hydrogen-bond acceptors (Lipinski definition) is 2. The quantitative estimate of drug-likeness (QED) is 0.869. The maximum atomic E-state index is 11.2. The number of aromatic nitrogens is 3. The van der Waals surface area contributed by atoms with Gasteiger partial charge in [-0.2, -0.15) is 4.98 Å². The number of aryl methyl sites for hydroxylation is 1. The standard InChI is InChI=1S/C13H15N3O/c1-3-10-5-7-11(8-6-10)9-16-12(4-2)14-13(17)15-16/h3,5-8H,1,4,9H2,2H3,(H,15,17). The van der Waals surface area contributed by atoms with Gasteiger partial charge in [0.05, 0.1) is 6.54 Å². The topological polar surface area (TPSA) is 50.7 Å². The van der Waals surface area contributed by atoms with Crippen LogP contribution >= 0.6 is 0 Å². The van der Waals surface area contributed by atoms with Gasteiger partial charge < -0.3 is 0 Å². The number of nitrogens with one attached hydrogen (secondary N) is 1. The molecule has 1 aromatic heterocycles. The fourth-order valence-corrected chi connectivity index (χ4v) is 1.72. The Hall–Kier alpha value is -2.10. The van der Waals surface area contributed by atoms with Crippen LogP contribution in [0, 0.1) is 0 Å². The number of hydrogen-bond donors (Lipinski definition) is 1. The van der Waals surface area contributed by atoms with Gasteiger partial charge in [-0.3, -0.25) is 4.68 Å². The summed E-state index contributed by atoms with van der Waals surface area (Å²) < 4.78 is 1.78. The SMILES string of the molecule is C=Cc1ccc(Cn2[nH]c(=O)nc2CC)cc1. The van der Waals surface area contributed by atoms with E-state index in [4.69, 9.17) is 0 Å². The third kappa shape index (κ3) is 2.53. The van der Waals surface area contributed by atoms with E-state index in [9.17, 15) is 4.79 Å². The summed E-state index contributed by atoms with van der Waals surface area (Å²) in [5.74, 6) is 0.780. The average Bonchev–Trinajstić information content (AvgIpc) is 2.70. The Morgan fingerprint density at radius 2 is 2.12 bits per heavy atom. The highest BCUT2D eigenvalue weighted by Crippen LogP contribution is 2.07. The molecule has 88 valence electrons. The Balaban J connectivity index is 2.24. The Kier molecular flexibility index (Phi) is 3.23. The molecule has 0 aliphatic heterocycles. The van der Waals surface area contributed by atoms with Crippen LogP contribution < -0.4 is 5.69 Å². The molecule has 2 aromatic rings. The van der Waals surface area contributed by atoms with Crippen molar-refractivity contribution in [3.63, 3.8) is 0 Å². The summed E-state index contributed by atoms with van der Waals surface area (Å²) >= 11 is 0. The van der Waals surface area contributed by atoms with E-state index in [1.165, 1.54) is 0 Å². The summed E-state index contributed by atoms with van der Waals surface area (Å²) in [6.45, 7) is 6.33. The van der Waals surface area contributed by atoms with Crippen LogP contribution in [-0.4, -0.2) is 14.8 Å². The van der Waals surface area contributed by atoms with Crippen LogP contribution in [0.25, 0.3) is 6.08 Å². The van der Waals surface area contributed by atoms with E-state index in [-0.39, 0.29) is 5.69 Å². The summed E-state index contributed by atoms with van der Waals surface area (Å²) in [4.78, 5) is 15.1. The van der Waals surface area contributed by atoms with Gasteiger partial charge in [0, 0.05) is 6.42 Å².